The number of nitrogens with zero attached hydrogens (tertiary/aromatic N) is 2. The number of likely N-dealkylation sites (tertiary alicyclic amines) is 1. The summed E-state index contributed by atoms with van der Waals surface area (Å²) in [5.41, 5.74) is 0. The van der Waals surface area contributed by atoms with Crippen molar-refractivity contribution < 1.29 is 22.6 Å². The van der Waals surface area contributed by atoms with Crippen molar-refractivity contribution in [2.75, 3.05) is 72.0 Å². The highest BCUT2D eigenvalue weighted by Crippen LogP contribution is 2.16. The van der Waals surface area contributed by atoms with Crippen LogP contribution in [0.1, 0.15) is 32.6 Å². The van der Waals surface area contributed by atoms with E-state index in [2.05, 4.69) is 19.9 Å². The molecular weight excluding hydrogens is 523 g/mol. The van der Waals surface area contributed by atoms with Gasteiger partial charge in [-0.25, -0.2) is 13.1 Å². The first-order chi connectivity index (χ1) is 14.0. The summed E-state index contributed by atoms with van der Waals surface area (Å²) in [6.07, 6.45) is 4.10. The zero-order valence-electron chi connectivity index (χ0n) is 18.3. The van der Waals surface area contributed by atoms with E-state index >= 15 is 0 Å². The predicted octanol–water partition coefficient (Wildman–Crippen LogP) is 1.04. The molecule has 0 spiro atoms. The number of aliphatic imine (C=N–C) groups is 1. The maximum atomic E-state index is 12.3. The minimum atomic E-state index is -3.36. The minimum Gasteiger partial charge on any atom is -0.382 e. The summed E-state index contributed by atoms with van der Waals surface area (Å²) in [5, 5.41) is 3.27. The van der Waals surface area contributed by atoms with Crippen molar-refractivity contribution in [3.05, 3.63) is 0 Å². The summed E-state index contributed by atoms with van der Waals surface area (Å²) in [6, 6.07) is 0. The number of ether oxygens (including phenoxy) is 3. The lowest BCUT2D eigenvalue weighted by Gasteiger charge is -2.23. The average Bonchev–Trinajstić information content (AvgIpc) is 3.19. The van der Waals surface area contributed by atoms with Crippen molar-refractivity contribution in [3.8, 4) is 0 Å². The minimum absolute atomic E-state index is 0. The Kier molecular flexibility index (Phi) is 14.4. The quantitative estimate of drug-likeness (QED) is 0.159. The van der Waals surface area contributed by atoms with Crippen LogP contribution in [0.25, 0.3) is 0 Å². The third-order valence-electron chi connectivity index (χ3n) is 5.13. The predicted molar refractivity (Wildman–Crippen MR) is 129 cm³/mol. The first-order valence-corrected chi connectivity index (χ1v) is 12.4. The molecule has 2 unspecified atom stereocenters. The Balaban J connectivity index is 0.00000450. The Morgan fingerprint density at radius 2 is 2.10 bits per heavy atom. The fourth-order valence-electron chi connectivity index (χ4n) is 3.51. The topological polar surface area (TPSA) is 101 Å². The molecule has 0 aromatic heterocycles. The monoisotopic (exact) mass is 562 g/mol. The summed E-state index contributed by atoms with van der Waals surface area (Å²) in [5.74, 6) is 1.21. The molecule has 2 aliphatic heterocycles. The van der Waals surface area contributed by atoms with E-state index in [1.807, 2.05) is 6.92 Å². The average molecular weight is 563 g/mol. The van der Waals surface area contributed by atoms with Crippen LogP contribution < -0.4 is 10.0 Å². The lowest BCUT2D eigenvalue weighted by atomic mass is 10.1. The number of methoxy groups -OCH3 is 1. The van der Waals surface area contributed by atoms with E-state index in [0.717, 1.165) is 57.9 Å². The SMILES string of the molecule is CCNC(=NCCS(=O)(=O)NCC1CCCCO1)N1CCC(COCCOC)C1.I. The van der Waals surface area contributed by atoms with Crippen LogP contribution in [0, 0.1) is 5.92 Å². The van der Waals surface area contributed by atoms with Crippen molar-refractivity contribution in [1.29, 1.82) is 0 Å². The Labute approximate surface area is 198 Å². The van der Waals surface area contributed by atoms with Crippen molar-refractivity contribution in [2.24, 2.45) is 10.9 Å². The molecule has 2 atom stereocenters. The van der Waals surface area contributed by atoms with Crippen molar-refractivity contribution in [2.45, 2.75) is 38.7 Å². The molecule has 11 heteroatoms. The zero-order chi connectivity index (χ0) is 21.0. The van der Waals surface area contributed by atoms with Crippen LogP contribution in [0.3, 0.4) is 0 Å². The van der Waals surface area contributed by atoms with Gasteiger partial charge in [-0.1, -0.05) is 0 Å². The van der Waals surface area contributed by atoms with Gasteiger partial charge in [-0.2, -0.15) is 0 Å². The standard InChI is InChI=1S/C19H38N4O5S.HI/c1-3-20-19(23-9-7-17(15-23)16-27-12-11-26-2)21-8-13-29(24,25)22-14-18-6-4-5-10-28-18;/h17-18,22H,3-16H2,1-2H3,(H,20,21);1H. The van der Waals surface area contributed by atoms with Crippen molar-refractivity contribution in [3.63, 3.8) is 0 Å². The summed E-state index contributed by atoms with van der Waals surface area (Å²) in [4.78, 5) is 6.72. The molecule has 178 valence electrons. The van der Waals surface area contributed by atoms with Gasteiger partial charge in [-0.15, -0.1) is 24.0 Å². The van der Waals surface area contributed by atoms with Crippen LogP contribution in [0.2, 0.25) is 0 Å². The molecule has 2 fully saturated rings. The fraction of sp³-hybridized carbons (Fsp3) is 0.947. The number of halogens is 1. The molecule has 0 saturated carbocycles. The van der Waals surface area contributed by atoms with E-state index in [1.54, 1.807) is 7.11 Å². The zero-order valence-corrected chi connectivity index (χ0v) is 21.5. The Hall–Kier alpha value is -0.210. The Morgan fingerprint density at radius 1 is 1.27 bits per heavy atom. The normalized spacial score (nSPS) is 22.7. The summed E-state index contributed by atoms with van der Waals surface area (Å²) in [6.45, 7) is 7.74. The van der Waals surface area contributed by atoms with Gasteiger partial charge in [0, 0.05) is 45.8 Å². The van der Waals surface area contributed by atoms with Crippen LogP contribution in [0.5, 0.6) is 0 Å². The highest BCUT2D eigenvalue weighted by Gasteiger charge is 2.25. The van der Waals surface area contributed by atoms with Gasteiger partial charge in [0.1, 0.15) is 0 Å². The number of hydrogen-bond acceptors (Lipinski definition) is 6. The van der Waals surface area contributed by atoms with Gasteiger partial charge >= 0.3 is 0 Å². The van der Waals surface area contributed by atoms with E-state index in [1.165, 1.54) is 0 Å². The molecule has 0 amide bonds. The molecule has 0 bridgehead atoms. The molecule has 0 aliphatic carbocycles. The largest absolute Gasteiger partial charge is 0.382 e. The lowest BCUT2D eigenvalue weighted by Crippen LogP contribution is -2.41. The molecule has 0 radical (unpaired) electrons. The number of rotatable bonds is 12. The molecule has 0 aromatic rings. The Bertz CT molecular complexity index is 587. The van der Waals surface area contributed by atoms with Crippen molar-refractivity contribution >= 4 is 40.0 Å². The first-order valence-electron chi connectivity index (χ1n) is 10.7. The number of guanidine groups is 1. The Morgan fingerprint density at radius 3 is 2.80 bits per heavy atom. The van der Waals surface area contributed by atoms with Gasteiger partial charge in [0.25, 0.3) is 0 Å². The number of hydrogen-bond donors (Lipinski definition) is 2. The molecule has 2 rings (SSSR count). The second-order valence-electron chi connectivity index (χ2n) is 7.56. The second-order valence-corrected chi connectivity index (χ2v) is 9.49. The van der Waals surface area contributed by atoms with E-state index in [-0.39, 0.29) is 42.4 Å². The molecule has 2 saturated heterocycles. The van der Waals surface area contributed by atoms with Gasteiger partial charge < -0.3 is 24.4 Å². The lowest BCUT2D eigenvalue weighted by molar-refractivity contribution is 0.0200. The van der Waals surface area contributed by atoms with E-state index in [0.29, 0.717) is 32.3 Å². The van der Waals surface area contributed by atoms with Crippen LogP contribution in [0.4, 0.5) is 0 Å². The van der Waals surface area contributed by atoms with E-state index in [9.17, 15) is 8.42 Å². The second kappa shape index (κ2) is 15.6. The van der Waals surface area contributed by atoms with Gasteiger partial charge in [0.15, 0.2) is 5.96 Å². The fourth-order valence-corrected chi connectivity index (χ4v) is 4.43. The molecule has 30 heavy (non-hydrogen) atoms. The third kappa shape index (κ3) is 10.9. The van der Waals surface area contributed by atoms with Gasteiger partial charge in [-0.3, -0.25) is 4.99 Å². The maximum Gasteiger partial charge on any atom is 0.213 e. The maximum absolute atomic E-state index is 12.3. The van der Waals surface area contributed by atoms with Crippen LogP contribution in [-0.2, 0) is 24.2 Å². The van der Waals surface area contributed by atoms with Gasteiger partial charge in [0.2, 0.25) is 10.0 Å². The van der Waals surface area contributed by atoms with Crippen molar-refractivity contribution in [1.82, 2.24) is 14.9 Å². The van der Waals surface area contributed by atoms with Crippen LogP contribution in [-0.4, -0.2) is 97.4 Å². The first kappa shape index (κ1) is 27.8. The van der Waals surface area contributed by atoms with Gasteiger partial charge in [-0.05, 0) is 32.6 Å². The summed E-state index contributed by atoms with van der Waals surface area (Å²) >= 11 is 0. The summed E-state index contributed by atoms with van der Waals surface area (Å²) in [7, 11) is -1.69. The highest BCUT2D eigenvalue weighted by atomic mass is 127. The molecule has 9 nitrogen and oxygen atoms in total. The molecule has 2 N–H and O–H groups in total. The molecule has 0 aromatic carbocycles. The molecule has 2 aliphatic rings. The molecular formula is C19H39IN4O5S. The van der Waals surface area contributed by atoms with E-state index < -0.39 is 10.0 Å². The van der Waals surface area contributed by atoms with Crippen LogP contribution >= 0.6 is 24.0 Å². The third-order valence-corrected chi connectivity index (χ3v) is 6.46. The summed E-state index contributed by atoms with van der Waals surface area (Å²) < 4.78 is 43.4. The van der Waals surface area contributed by atoms with Crippen LogP contribution in [0.15, 0.2) is 4.99 Å². The highest BCUT2D eigenvalue weighted by molar-refractivity contribution is 14.0. The molecule has 2 heterocycles. The van der Waals surface area contributed by atoms with E-state index in [4.69, 9.17) is 14.2 Å². The van der Waals surface area contributed by atoms with Gasteiger partial charge in [0.05, 0.1) is 38.2 Å². The smallest absolute Gasteiger partial charge is 0.213 e. The number of sulfonamides is 1. The number of nitrogens with one attached hydrogen (secondary N) is 2.